The van der Waals surface area contributed by atoms with Crippen molar-refractivity contribution in [2.24, 2.45) is 0 Å². The quantitative estimate of drug-likeness (QED) is 0.811. The number of hydrogen-bond acceptors (Lipinski definition) is 3. The molecule has 1 heterocycles. The number of aliphatic hydroxyl groups is 1. The molecular weight excluding hydrogens is 276 g/mol. The van der Waals surface area contributed by atoms with Gasteiger partial charge in [0.1, 0.15) is 0 Å². The lowest BCUT2D eigenvalue weighted by atomic mass is 10.1. The number of para-hydroxylation sites is 1. The number of nitrogens with zero attached hydrogens (tertiary/aromatic N) is 1. The van der Waals surface area contributed by atoms with Crippen LogP contribution in [0.5, 0.6) is 0 Å². The molecule has 1 atom stereocenters. The van der Waals surface area contributed by atoms with Crippen LogP contribution in [0.3, 0.4) is 0 Å². The van der Waals surface area contributed by atoms with E-state index in [1.807, 2.05) is 12.1 Å². The van der Waals surface area contributed by atoms with Gasteiger partial charge >= 0.3 is 10.2 Å². The van der Waals surface area contributed by atoms with E-state index in [4.69, 9.17) is 0 Å². The van der Waals surface area contributed by atoms with Crippen molar-refractivity contribution >= 4 is 15.9 Å². The highest BCUT2D eigenvalue weighted by Gasteiger charge is 2.24. The Bertz CT molecular complexity index is 559. The second kappa shape index (κ2) is 4.23. The highest BCUT2D eigenvalue weighted by Crippen LogP contribution is 2.17. The molecule has 0 aliphatic heterocycles. The molecule has 1 aromatic carbocycles. The standard InChI is InChI=1S/C10H9BrN2O3/c1-6(14)7-4-2-3-5-8(7)13-9(11)10(15)16-12-13/h2-6,14H,1H3/p+1. The summed E-state index contributed by atoms with van der Waals surface area (Å²) < 4.78 is 6.32. The number of nitrogens with one attached hydrogen (secondary N) is 1. The van der Waals surface area contributed by atoms with Crippen molar-refractivity contribution in [3.63, 3.8) is 0 Å². The second-order valence-electron chi connectivity index (χ2n) is 3.34. The van der Waals surface area contributed by atoms with Gasteiger partial charge in [0.2, 0.25) is 5.69 Å². The average molecular weight is 286 g/mol. The third-order valence-corrected chi connectivity index (χ3v) is 2.90. The fourth-order valence-electron chi connectivity index (χ4n) is 1.46. The summed E-state index contributed by atoms with van der Waals surface area (Å²) in [5.74, 6) is 0. The second-order valence-corrected chi connectivity index (χ2v) is 4.09. The van der Waals surface area contributed by atoms with Crippen LogP contribution in [0.15, 0.2) is 38.2 Å². The van der Waals surface area contributed by atoms with Crippen LogP contribution in [0.2, 0.25) is 0 Å². The summed E-state index contributed by atoms with van der Waals surface area (Å²) in [7, 11) is 0. The van der Waals surface area contributed by atoms with E-state index in [1.165, 1.54) is 4.68 Å². The number of aromatic nitrogens is 2. The van der Waals surface area contributed by atoms with Crippen molar-refractivity contribution in [2.75, 3.05) is 0 Å². The van der Waals surface area contributed by atoms with Crippen molar-refractivity contribution in [1.82, 2.24) is 5.27 Å². The summed E-state index contributed by atoms with van der Waals surface area (Å²) in [6.07, 6.45) is -0.631. The molecule has 84 valence electrons. The zero-order chi connectivity index (χ0) is 11.7. The van der Waals surface area contributed by atoms with E-state index in [9.17, 15) is 9.90 Å². The summed E-state index contributed by atoms with van der Waals surface area (Å²) in [4.78, 5) is 11.2. The first-order valence-corrected chi connectivity index (χ1v) is 5.47. The highest BCUT2D eigenvalue weighted by atomic mass is 79.9. The smallest absolute Gasteiger partial charge is 0.388 e. The topological polar surface area (TPSA) is 70.1 Å². The molecule has 0 aliphatic carbocycles. The van der Waals surface area contributed by atoms with Crippen LogP contribution >= 0.6 is 15.9 Å². The maximum atomic E-state index is 11.2. The van der Waals surface area contributed by atoms with E-state index in [1.54, 1.807) is 19.1 Å². The van der Waals surface area contributed by atoms with Crippen molar-refractivity contribution in [2.45, 2.75) is 13.0 Å². The Hall–Kier alpha value is -1.40. The molecule has 0 spiro atoms. The zero-order valence-corrected chi connectivity index (χ0v) is 10.1. The number of H-pyrrole nitrogens is 1. The molecule has 2 N–H and O–H groups in total. The summed E-state index contributed by atoms with van der Waals surface area (Å²) in [6.45, 7) is 1.66. The third kappa shape index (κ3) is 1.81. The van der Waals surface area contributed by atoms with Crippen LogP contribution in [-0.4, -0.2) is 10.4 Å². The van der Waals surface area contributed by atoms with E-state index >= 15 is 0 Å². The lowest BCUT2D eigenvalue weighted by molar-refractivity contribution is -0.681. The van der Waals surface area contributed by atoms with Gasteiger partial charge in [-0.3, -0.25) is 4.52 Å². The largest absolute Gasteiger partial charge is 0.442 e. The number of hydrogen-bond donors (Lipinski definition) is 2. The molecule has 16 heavy (non-hydrogen) atoms. The molecule has 2 aromatic rings. The van der Waals surface area contributed by atoms with Gasteiger partial charge < -0.3 is 5.11 Å². The summed E-state index contributed by atoms with van der Waals surface area (Å²) >= 11 is 3.11. The lowest BCUT2D eigenvalue weighted by Gasteiger charge is -2.04. The van der Waals surface area contributed by atoms with Gasteiger partial charge in [-0.15, -0.1) is 0 Å². The Morgan fingerprint density at radius 1 is 1.50 bits per heavy atom. The Morgan fingerprint density at radius 3 is 2.75 bits per heavy atom. The number of aromatic amines is 1. The van der Waals surface area contributed by atoms with Gasteiger partial charge in [0, 0.05) is 22.0 Å². The Morgan fingerprint density at radius 2 is 2.19 bits per heavy atom. The highest BCUT2D eigenvalue weighted by molar-refractivity contribution is 9.10. The molecule has 0 bridgehead atoms. The molecule has 0 aliphatic rings. The van der Waals surface area contributed by atoms with Gasteiger partial charge in [-0.25, -0.2) is 4.79 Å². The minimum atomic E-state index is -0.631. The van der Waals surface area contributed by atoms with Crippen molar-refractivity contribution in [3.8, 4) is 5.69 Å². The zero-order valence-electron chi connectivity index (χ0n) is 8.48. The fourth-order valence-corrected chi connectivity index (χ4v) is 1.80. The van der Waals surface area contributed by atoms with Crippen molar-refractivity contribution < 1.29 is 14.3 Å². The van der Waals surface area contributed by atoms with Gasteiger partial charge in [0.05, 0.1) is 11.7 Å². The van der Waals surface area contributed by atoms with E-state index < -0.39 is 11.7 Å². The molecule has 5 nitrogen and oxygen atoms in total. The number of rotatable bonds is 2. The van der Waals surface area contributed by atoms with E-state index in [0.717, 1.165) is 0 Å². The number of halogens is 1. The van der Waals surface area contributed by atoms with Crippen LogP contribution in [0.4, 0.5) is 0 Å². The van der Waals surface area contributed by atoms with Crippen LogP contribution in [0.25, 0.3) is 5.69 Å². The van der Waals surface area contributed by atoms with Crippen LogP contribution in [-0.2, 0) is 0 Å². The first-order chi connectivity index (χ1) is 7.61. The van der Waals surface area contributed by atoms with E-state index in [0.29, 0.717) is 11.3 Å². The molecular formula is C10H10BrN2O3+. The molecule has 1 aromatic heterocycles. The first kappa shape index (κ1) is 11.1. The third-order valence-electron chi connectivity index (χ3n) is 2.22. The maximum absolute atomic E-state index is 11.2. The molecule has 2 rings (SSSR count). The average Bonchev–Trinajstić information content (AvgIpc) is 2.60. The maximum Gasteiger partial charge on any atom is 0.442 e. The molecule has 0 saturated carbocycles. The minimum Gasteiger partial charge on any atom is -0.388 e. The molecule has 1 unspecified atom stereocenters. The minimum absolute atomic E-state index is 0.251. The summed E-state index contributed by atoms with van der Waals surface area (Å²) in [6, 6.07) is 7.19. The number of aliphatic hydroxyl groups excluding tert-OH is 1. The molecule has 0 saturated heterocycles. The molecule has 0 fully saturated rings. The monoisotopic (exact) mass is 285 g/mol. The first-order valence-electron chi connectivity index (χ1n) is 4.67. The van der Waals surface area contributed by atoms with Gasteiger partial charge in [-0.2, -0.15) is 0 Å². The summed E-state index contributed by atoms with van der Waals surface area (Å²) in [5.41, 5.74) is 0.862. The molecule has 0 amide bonds. The van der Waals surface area contributed by atoms with Crippen molar-refractivity contribution in [1.29, 1.82) is 0 Å². The predicted octanol–water partition coefficient (Wildman–Crippen LogP) is 1.06. The Labute approximate surface area is 99.4 Å². The normalized spacial score (nSPS) is 12.7. The van der Waals surface area contributed by atoms with E-state index in [2.05, 4.69) is 25.7 Å². The van der Waals surface area contributed by atoms with Gasteiger partial charge in [-0.1, -0.05) is 12.1 Å². The summed E-state index contributed by atoms with van der Waals surface area (Å²) in [5, 5.41) is 12.1. The van der Waals surface area contributed by atoms with Crippen molar-refractivity contribution in [3.05, 3.63) is 44.9 Å². The Kier molecular flexibility index (Phi) is 2.93. The van der Waals surface area contributed by atoms with Gasteiger partial charge in [0.25, 0.3) is 0 Å². The number of benzene rings is 1. The van der Waals surface area contributed by atoms with Crippen LogP contribution in [0, 0.1) is 0 Å². The SMILES string of the molecule is CC(O)c1ccccc1-[n+]1[nH]oc(=O)c1Br. The molecule has 0 radical (unpaired) electrons. The lowest BCUT2D eigenvalue weighted by Crippen LogP contribution is -2.36. The fraction of sp³-hybridized carbons (Fsp3) is 0.200. The Balaban J connectivity index is 2.64. The predicted molar refractivity (Wildman–Crippen MR) is 59.2 cm³/mol. The van der Waals surface area contributed by atoms with Crippen LogP contribution in [0.1, 0.15) is 18.6 Å². The van der Waals surface area contributed by atoms with Gasteiger partial charge in [0.15, 0.2) is 0 Å². The van der Waals surface area contributed by atoms with E-state index in [-0.39, 0.29) is 4.60 Å². The molecule has 6 heteroatoms. The van der Waals surface area contributed by atoms with Crippen LogP contribution < -0.4 is 10.3 Å². The van der Waals surface area contributed by atoms with Gasteiger partial charge in [-0.05, 0) is 22.9 Å².